The van der Waals surface area contributed by atoms with Crippen LogP contribution in [-0.2, 0) is 0 Å². The second-order valence-electron chi connectivity index (χ2n) is 2.84. The number of thioether (sulfide) groups is 1. The van der Waals surface area contributed by atoms with Gasteiger partial charge in [0.25, 0.3) is 0 Å². The lowest BCUT2D eigenvalue weighted by Gasteiger charge is -2.18. The standard InChI is InChI=1S/C9H9NS2/c1-6-2-3-7-8(4-6)12-5-9(11)10-7/h2-4H,5H2,1H3,(H,10,11). The lowest BCUT2D eigenvalue weighted by molar-refractivity contribution is 1.35. The van der Waals surface area contributed by atoms with Crippen LogP contribution in [0, 0.1) is 6.92 Å². The van der Waals surface area contributed by atoms with Crippen molar-refractivity contribution in [2.24, 2.45) is 0 Å². The Morgan fingerprint density at radius 1 is 1.50 bits per heavy atom. The molecule has 1 aliphatic heterocycles. The predicted octanol–water partition coefficient (Wildman–Crippen LogP) is 2.84. The minimum absolute atomic E-state index is 0.909. The molecule has 0 saturated carbocycles. The van der Waals surface area contributed by atoms with E-state index in [0.29, 0.717) is 0 Å². The summed E-state index contributed by atoms with van der Waals surface area (Å²) in [6.07, 6.45) is 0. The molecule has 0 bridgehead atoms. The molecule has 3 heteroatoms. The van der Waals surface area contributed by atoms with Crippen LogP contribution in [0.25, 0.3) is 0 Å². The van der Waals surface area contributed by atoms with E-state index >= 15 is 0 Å². The molecule has 0 aliphatic carbocycles. The average Bonchev–Trinajstić information content (AvgIpc) is 2.05. The molecule has 2 rings (SSSR count). The van der Waals surface area contributed by atoms with Crippen molar-refractivity contribution < 1.29 is 0 Å². The fourth-order valence-electron chi connectivity index (χ4n) is 1.18. The van der Waals surface area contributed by atoms with Crippen molar-refractivity contribution in [3.8, 4) is 0 Å². The van der Waals surface area contributed by atoms with Crippen molar-refractivity contribution >= 4 is 34.7 Å². The maximum absolute atomic E-state index is 5.08. The van der Waals surface area contributed by atoms with Gasteiger partial charge in [-0.25, -0.2) is 0 Å². The minimum Gasteiger partial charge on any atom is -0.348 e. The SMILES string of the molecule is Cc1ccc2c(c1)SCC(=S)N2. The van der Waals surface area contributed by atoms with E-state index < -0.39 is 0 Å². The van der Waals surface area contributed by atoms with Crippen molar-refractivity contribution in [1.82, 2.24) is 0 Å². The Bertz CT molecular complexity index is 333. The van der Waals surface area contributed by atoms with E-state index in [2.05, 4.69) is 30.4 Å². The first-order valence-corrected chi connectivity index (χ1v) is 5.18. The van der Waals surface area contributed by atoms with Gasteiger partial charge in [0, 0.05) is 10.6 Å². The molecule has 0 unspecified atom stereocenters. The summed E-state index contributed by atoms with van der Waals surface area (Å²) in [6.45, 7) is 2.10. The van der Waals surface area contributed by atoms with Crippen LogP contribution < -0.4 is 5.32 Å². The van der Waals surface area contributed by atoms with E-state index in [1.165, 1.54) is 10.5 Å². The van der Waals surface area contributed by atoms with Crippen molar-refractivity contribution in [2.45, 2.75) is 11.8 Å². The number of anilines is 1. The molecule has 1 N–H and O–H groups in total. The quantitative estimate of drug-likeness (QED) is 0.639. The van der Waals surface area contributed by atoms with Crippen LogP contribution >= 0.6 is 24.0 Å². The molecule has 1 aromatic rings. The third kappa shape index (κ3) is 1.47. The molecule has 0 spiro atoms. The van der Waals surface area contributed by atoms with Gasteiger partial charge in [0.15, 0.2) is 0 Å². The fourth-order valence-corrected chi connectivity index (χ4v) is 2.37. The molecule has 0 aromatic heterocycles. The summed E-state index contributed by atoms with van der Waals surface area (Å²) in [5.74, 6) is 0.909. The monoisotopic (exact) mass is 195 g/mol. The van der Waals surface area contributed by atoms with Gasteiger partial charge in [0.05, 0.1) is 10.7 Å². The number of fused-ring (bicyclic) bond motifs is 1. The van der Waals surface area contributed by atoms with E-state index in [0.717, 1.165) is 16.4 Å². The Hall–Kier alpha value is -0.540. The van der Waals surface area contributed by atoms with Crippen LogP contribution in [0.4, 0.5) is 5.69 Å². The zero-order valence-electron chi connectivity index (χ0n) is 6.76. The van der Waals surface area contributed by atoms with E-state index in [1.54, 1.807) is 0 Å². The highest BCUT2D eigenvalue weighted by Gasteiger charge is 2.11. The van der Waals surface area contributed by atoms with Gasteiger partial charge < -0.3 is 5.32 Å². The maximum atomic E-state index is 5.08. The van der Waals surface area contributed by atoms with Crippen molar-refractivity contribution in [3.63, 3.8) is 0 Å². The highest BCUT2D eigenvalue weighted by molar-refractivity contribution is 8.01. The normalized spacial score (nSPS) is 15.2. The lowest BCUT2D eigenvalue weighted by Crippen LogP contribution is -2.16. The molecular weight excluding hydrogens is 186 g/mol. The zero-order chi connectivity index (χ0) is 8.55. The largest absolute Gasteiger partial charge is 0.348 e. The molecule has 0 amide bonds. The van der Waals surface area contributed by atoms with Gasteiger partial charge in [-0.3, -0.25) is 0 Å². The third-order valence-electron chi connectivity index (χ3n) is 1.77. The first-order valence-electron chi connectivity index (χ1n) is 3.79. The maximum Gasteiger partial charge on any atom is 0.0901 e. The number of nitrogens with one attached hydrogen (secondary N) is 1. The molecule has 0 atom stereocenters. The smallest absolute Gasteiger partial charge is 0.0901 e. The molecule has 1 aromatic carbocycles. The third-order valence-corrected chi connectivity index (χ3v) is 3.28. The molecule has 1 nitrogen and oxygen atoms in total. The summed E-state index contributed by atoms with van der Waals surface area (Å²) >= 11 is 6.89. The zero-order valence-corrected chi connectivity index (χ0v) is 8.39. The number of aryl methyl sites for hydroxylation is 1. The Labute approximate surface area is 81.6 Å². The fraction of sp³-hybridized carbons (Fsp3) is 0.222. The summed E-state index contributed by atoms with van der Waals surface area (Å²) in [7, 11) is 0. The molecule has 1 aliphatic rings. The number of rotatable bonds is 0. The van der Waals surface area contributed by atoms with Crippen molar-refractivity contribution in [2.75, 3.05) is 11.1 Å². The first-order chi connectivity index (χ1) is 5.75. The second-order valence-corrected chi connectivity index (χ2v) is 4.35. The second kappa shape index (κ2) is 3.07. The Morgan fingerprint density at radius 2 is 2.33 bits per heavy atom. The number of benzene rings is 1. The van der Waals surface area contributed by atoms with E-state index in [-0.39, 0.29) is 0 Å². The summed E-state index contributed by atoms with van der Waals surface area (Å²) in [5, 5.41) is 3.20. The molecule has 62 valence electrons. The molecule has 0 fully saturated rings. The molecule has 12 heavy (non-hydrogen) atoms. The lowest BCUT2D eigenvalue weighted by atomic mass is 10.2. The van der Waals surface area contributed by atoms with Crippen LogP contribution in [0.2, 0.25) is 0 Å². The molecular formula is C9H9NS2. The highest BCUT2D eigenvalue weighted by atomic mass is 32.2. The molecule has 0 radical (unpaired) electrons. The van der Waals surface area contributed by atoms with Crippen molar-refractivity contribution in [3.05, 3.63) is 23.8 Å². The summed E-state index contributed by atoms with van der Waals surface area (Å²) in [5.41, 5.74) is 2.46. The summed E-state index contributed by atoms with van der Waals surface area (Å²) < 4.78 is 0. The van der Waals surface area contributed by atoms with Gasteiger partial charge in [-0.15, -0.1) is 11.8 Å². The van der Waals surface area contributed by atoms with Crippen LogP contribution in [0.15, 0.2) is 23.1 Å². The Balaban J connectivity index is 2.43. The Morgan fingerprint density at radius 3 is 3.17 bits per heavy atom. The van der Waals surface area contributed by atoms with E-state index in [4.69, 9.17) is 12.2 Å². The summed E-state index contributed by atoms with van der Waals surface area (Å²) in [4.78, 5) is 2.24. The molecule has 0 saturated heterocycles. The van der Waals surface area contributed by atoms with Gasteiger partial charge in [0.2, 0.25) is 0 Å². The van der Waals surface area contributed by atoms with Crippen LogP contribution in [0.1, 0.15) is 5.56 Å². The van der Waals surface area contributed by atoms with Crippen LogP contribution in [-0.4, -0.2) is 10.7 Å². The van der Waals surface area contributed by atoms with Crippen molar-refractivity contribution in [1.29, 1.82) is 0 Å². The van der Waals surface area contributed by atoms with Gasteiger partial charge in [0.1, 0.15) is 0 Å². The highest BCUT2D eigenvalue weighted by Crippen LogP contribution is 2.32. The van der Waals surface area contributed by atoms with Gasteiger partial charge in [-0.1, -0.05) is 18.3 Å². The predicted molar refractivity (Wildman–Crippen MR) is 58.1 cm³/mol. The minimum atomic E-state index is 0.909. The van der Waals surface area contributed by atoms with Gasteiger partial charge >= 0.3 is 0 Å². The van der Waals surface area contributed by atoms with Crippen LogP contribution in [0.5, 0.6) is 0 Å². The Kier molecular flexibility index (Phi) is 2.07. The molecule has 1 heterocycles. The van der Waals surface area contributed by atoms with Gasteiger partial charge in [-0.05, 0) is 24.6 Å². The summed E-state index contributed by atoms with van der Waals surface area (Å²) in [6, 6.07) is 6.37. The van der Waals surface area contributed by atoms with E-state index in [1.807, 2.05) is 11.8 Å². The van der Waals surface area contributed by atoms with Crippen LogP contribution in [0.3, 0.4) is 0 Å². The first kappa shape index (κ1) is 8.08. The topological polar surface area (TPSA) is 12.0 Å². The average molecular weight is 195 g/mol. The van der Waals surface area contributed by atoms with E-state index in [9.17, 15) is 0 Å². The number of hydrogen-bond acceptors (Lipinski definition) is 2. The van der Waals surface area contributed by atoms with Gasteiger partial charge in [-0.2, -0.15) is 0 Å². The number of hydrogen-bond donors (Lipinski definition) is 1. The number of thiocarbonyl (C=S) groups is 1.